The first-order chi connectivity index (χ1) is 11.1. The summed E-state index contributed by atoms with van der Waals surface area (Å²) in [5.74, 6) is -0.581. The molecule has 0 spiro atoms. The van der Waals surface area contributed by atoms with Crippen molar-refractivity contribution in [2.24, 2.45) is 0 Å². The summed E-state index contributed by atoms with van der Waals surface area (Å²) in [5, 5.41) is 2.87. The lowest BCUT2D eigenvalue weighted by Crippen LogP contribution is -2.34. The molecule has 1 aromatic carbocycles. The van der Waals surface area contributed by atoms with Gasteiger partial charge >= 0.3 is 0 Å². The molecule has 1 N–H and O–H groups in total. The molecular weight excluding hydrogens is 295 g/mol. The van der Waals surface area contributed by atoms with Crippen molar-refractivity contribution in [3.05, 3.63) is 46.8 Å². The first kappa shape index (κ1) is 17.6. The van der Waals surface area contributed by atoms with E-state index in [1.165, 1.54) is 11.6 Å². The van der Waals surface area contributed by atoms with Gasteiger partial charge in [-0.15, -0.1) is 0 Å². The predicted molar refractivity (Wildman–Crippen MR) is 89.1 cm³/mol. The first-order valence-electron chi connectivity index (χ1n) is 8.12. The monoisotopic (exact) mass is 320 g/mol. The average molecular weight is 320 g/mol. The molecule has 4 nitrogen and oxygen atoms in total. The normalized spacial score (nSPS) is 15.3. The average Bonchev–Trinajstić information content (AvgIpc) is 2.56. The molecule has 1 aromatic rings. The topological polar surface area (TPSA) is 41.6 Å². The Balaban J connectivity index is 1.77. The molecule has 0 atom stereocenters. The first-order valence-corrected chi connectivity index (χ1v) is 8.12. The minimum atomic E-state index is -0.348. The van der Waals surface area contributed by atoms with Gasteiger partial charge in [0.1, 0.15) is 5.82 Å². The second kappa shape index (κ2) is 8.79. The van der Waals surface area contributed by atoms with E-state index in [4.69, 9.17) is 4.74 Å². The van der Waals surface area contributed by atoms with Crippen molar-refractivity contribution in [2.45, 2.75) is 20.3 Å². The highest BCUT2D eigenvalue weighted by Crippen LogP contribution is 2.11. The number of carbonyl (C=O) groups is 1. The summed E-state index contributed by atoms with van der Waals surface area (Å²) >= 11 is 0. The summed E-state index contributed by atoms with van der Waals surface area (Å²) in [6, 6.07) is 4.56. The van der Waals surface area contributed by atoms with Gasteiger partial charge in [0.15, 0.2) is 0 Å². The number of nitrogens with one attached hydrogen (secondary N) is 1. The number of benzene rings is 1. The lowest BCUT2D eigenvalue weighted by molar-refractivity contribution is 0.0955. The van der Waals surface area contributed by atoms with Crippen LogP contribution in [0.25, 0.3) is 0 Å². The van der Waals surface area contributed by atoms with E-state index in [1.807, 2.05) is 6.92 Å². The lowest BCUT2D eigenvalue weighted by atomic mass is 10.1. The Labute approximate surface area is 137 Å². The van der Waals surface area contributed by atoms with E-state index in [2.05, 4.69) is 16.3 Å². The van der Waals surface area contributed by atoms with Crippen LogP contribution in [-0.2, 0) is 4.74 Å². The maximum Gasteiger partial charge on any atom is 0.251 e. The van der Waals surface area contributed by atoms with Gasteiger partial charge in [0.05, 0.1) is 6.61 Å². The summed E-state index contributed by atoms with van der Waals surface area (Å²) < 4.78 is 18.9. The summed E-state index contributed by atoms with van der Waals surface area (Å²) in [7, 11) is 0. The fourth-order valence-corrected chi connectivity index (χ4v) is 2.48. The van der Waals surface area contributed by atoms with E-state index in [-0.39, 0.29) is 11.7 Å². The number of carbonyl (C=O) groups excluding carboxylic acids is 1. The molecule has 2 rings (SSSR count). The van der Waals surface area contributed by atoms with Gasteiger partial charge in [-0.1, -0.05) is 17.7 Å². The molecular formula is C18H25FN2O2. The molecule has 126 valence electrons. The van der Waals surface area contributed by atoms with Crippen LogP contribution >= 0.6 is 0 Å². The number of ether oxygens (including phenoxy) is 1. The van der Waals surface area contributed by atoms with Crippen molar-refractivity contribution >= 4 is 5.91 Å². The van der Waals surface area contributed by atoms with Gasteiger partial charge in [0.25, 0.3) is 5.91 Å². The third-order valence-electron chi connectivity index (χ3n) is 4.05. The second-order valence-corrected chi connectivity index (χ2v) is 5.76. The molecule has 1 aliphatic rings. The number of hydrogen-bond acceptors (Lipinski definition) is 3. The Morgan fingerprint density at radius 1 is 1.43 bits per heavy atom. The Morgan fingerprint density at radius 3 is 2.91 bits per heavy atom. The Kier molecular flexibility index (Phi) is 6.74. The van der Waals surface area contributed by atoms with Crippen LogP contribution in [0.1, 0.15) is 29.3 Å². The minimum Gasteiger partial charge on any atom is -0.380 e. The third kappa shape index (κ3) is 5.44. The third-order valence-corrected chi connectivity index (χ3v) is 4.05. The molecule has 0 bridgehead atoms. The molecule has 1 amide bonds. The summed E-state index contributed by atoms with van der Waals surface area (Å²) in [6.07, 6.45) is 3.10. The van der Waals surface area contributed by atoms with Crippen LogP contribution in [0.3, 0.4) is 0 Å². The van der Waals surface area contributed by atoms with Crippen LogP contribution in [0.4, 0.5) is 4.39 Å². The number of aryl methyl sites for hydroxylation is 1. The van der Waals surface area contributed by atoms with Gasteiger partial charge in [-0.2, -0.15) is 0 Å². The van der Waals surface area contributed by atoms with Crippen molar-refractivity contribution in [1.29, 1.82) is 0 Å². The van der Waals surface area contributed by atoms with Crippen LogP contribution in [0.5, 0.6) is 0 Å². The summed E-state index contributed by atoms with van der Waals surface area (Å²) in [6.45, 7) is 8.51. The molecule has 0 radical (unpaired) electrons. The maximum absolute atomic E-state index is 13.5. The largest absolute Gasteiger partial charge is 0.380 e. The van der Waals surface area contributed by atoms with Crippen LogP contribution in [0.2, 0.25) is 0 Å². The second-order valence-electron chi connectivity index (χ2n) is 5.76. The summed E-state index contributed by atoms with van der Waals surface area (Å²) in [5.41, 5.74) is 2.13. The fourth-order valence-electron chi connectivity index (χ4n) is 2.48. The molecule has 5 heteroatoms. The number of rotatable bonds is 7. The molecule has 0 fully saturated rings. The van der Waals surface area contributed by atoms with Crippen molar-refractivity contribution in [3.63, 3.8) is 0 Å². The van der Waals surface area contributed by atoms with E-state index in [0.717, 1.165) is 39.3 Å². The van der Waals surface area contributed by atoms with Gasteiger partial charge in [0.2, 0.25) is 0 Å². The fraction of sp³-hybridized carbons (Fsp3) is 0.500. The molecule has 0 unspecified atom stereocenters. The minimum absolute atomic E-state index is 0.233. The molecule has 0 aromatic heterocycles. The van der Waals surface area contributed by atoms with Gasteiger partial charge in [-0.05, 0) is 38.0 Å². The van der Waals surface area contributed by atoms with Crippen molar-refractivity contribution in [1.82, 2.24) is 10.2 Å². The molecule has 23 heavy (non-hydrogen) atoms. The number of halogens is 1. The molecule has 1 heterocycles. The molecule has 1 aliphatic heterocycles. The van der Waals surface area contributed by atoms with E-state index in [9.17, 15) is 9.18 Å². The zero-order valence-electron chi connectivity index (χ0n) is 13.9. The SMILES string of the molecule is CCOCCN1CC=C(CNC(=O)c2ccc(C)c(F)c2)CC1. The smallest absolute Gasteiger partial charge is 0.251 e. The number of amides is 1. The highest BCUT2D eigenvalue weighted by Gasteiger charge is 2.13. The lowest BCUT2D eigenvalue weighted by Gasteiger charge is -2.26. The quantitative estimate of drug-likeness (QED) is 0.620. The number of hydrogen-bond donors (Lipinski definition) is 1. The van der Waals surface area contributed by atoms with Crippen molar-refractivity contribution < 1.29 is 13.9 Å². The summed E-state index contributed by atoms with van der Waals surface area (Å²) in [4.78, 5) is 14.4. The zero-order valence-corrected chi connectivity index (χ0v) is 13.9. The van der Waals surface area contributed by atoms with E-state index in [0.29, 0.717) is 17.7 Å². The van der Waals surface area contributed by atoms with Crippen LogP contribution < -0.4 is 5.32 Å². The van der Waals surface area contributed by atoms with Crippen LogP contribution in [0, 0.1) is 12.7 Å². The molecule has 0 aliphatic carbocycles. The Morgan fingerprint density at radius 2 is 2.26 bits per heavy atom. The predicted octanol–water partition coefficient (Wildman–Crippen LogP) is 2.53. The van der Waals surface area contributed by atoms with E-state index < -0.39 is 0 Å². The standard InChI is InChI=1S/C18H25FN2O2/c1-3-23-11-10-21-8-6-15(7-9-21)13-20-18(22)16-5-4-14(2)17(19)12-16/h4-6,12H,3,7-11,13H2,1-2H3,(H,20,22). The highest BCUT2D eigenvalue weighted by atomic mass is 19.1. The van der Waals surface area contributed by atoms with Crippen LogP contribution in [0.15, 0.2) is 29.8 Å². The van der Waals surface area contributed by atoms with Crippen LogP contribution in [-0.4, -0.2) is 50.2 Å². The van der Waals surface area contributed by atoms with E-state index >= 15 is 0 Å². The zero-order chi connectivity index (χ0) is 16.7. The molecule has 0 saturated carbocycles. The van der Waals surface area contributed by atoms with Crippen molar-refractivity contribution in [2.75, 3.05) is 39.4 Å². The van der Waals surface area contributed by atoms with Crippen molar-refractivity contribution in [3.8, 4) is 0 Å². The Bertz CT molecular complexity index is 572. The maximum atomic E-state index is 13.5. The van der Waals surface area contributed by atoms with Gasteiger partial charge in [0, 0.05) is 38.3 Å². The highest BCUT2D eigenvalue weighted by molar-refractivity contribution is 5.94. The molecule has 0 saturated heterocycles. The van der Waals surface area contributed by atoms with Gasteiger partial charge in [-0.25, -0.2) is 4.39 Å². The van der Waals surface area contributed by atoms with Gasteiger partial charge < -0.3 is 10.1 Å². The van der Waals surface area contributed by atoms with E-state index in [1.54, 1.807) is 19.1 Å². The Hall–Kier alpha value is -1.72. The number of nitrogens with zero attached hydrogens (tertiary/aromatic N) is 1. The van der Waals surface area contributed by atoms with Gasteiger partial charge in [-0.3, -0.25) is 9.69 Å².